The molecule has 4 atom stereocenters. The van der Waals surface area contributed by atoms with E-state index in [1.165, 1.54) is 0 Å². The molecule has 11 nitrogen and oxygen atoms in total. The smallest absolute Gasteiger partial charge is 0.326 e. The van der Waals surface area contributed by atoms with Crippen molar-refractivity contribution in [1.82, 2.24) is 16.0 Å². The van der Waals surface area contributed by atoms with Crippen LogP contribution in [0.25, 0.3) is 0 Å². The average Bonchev–Trinajstić information content (AvgIpc) is 2.90. The largest absolute Gasteiger partial charge is 0.480 e. The molecule has 0 radical (unpaired) electrons. The van der Waals surface area contributed by atoms with Crippen LogP contribution in [0.1, 0.15) is 44.2 Å². The molecule has 0 saturated heterocycles. The Morgan fingerprint density at radius 2 is 1.20 bits per heavy atom. The monoisotopic (exact) mass is 553 g/mol. The van der Waals surface area contributed by atoms with Gasteiger partial charge in [0.2, 0.25) is 23.6 Å². The first kappa shape index (κ1) is 32.0. The van der Waals surface area contributed by atoms with Crippen molar-refractivity contribution in [3.05, 3.63) is 71.8 Å². The number of amides is 4. The Morgan fingerprint density at radius 1 is 0.725 bits per heavy atom. The van der Waals surface area contributed by atoms with Crippen molar-refractivity contribution in [2.75, 3.05) is 0 Å². The van der Waals surface area contributed by atoms with E-state index in [1.807, 2.05) is 44.2 Å². The molecule has 0 fully saturated rings. The zero-order valence-corrected chi connectivity index (χ0v) is 22.8. The summed E-state index contributed by atoms with van der Waals surface area (Å²) in [7, 11) is 0. The van der Waals surface area contributed by atoms with Gasteiger partial charge in [0, 0.05) is 12.8 Å². The van der Waals surface area contributed by atoms with Crippen LogP contribution in [-0.4, -0.2) is 58.9 Å². The van der Waals surface area contributed by atoms with Crippen LogP contribution in [0.15, 0.2) is 60.7 Å². The SMILES string of the molecule is CC(C)CC(NC(=O)C(N)Cc1ccccc1)C(=O)NC(Cc1ccccc1)C(=O)NC(CCC(N)=O)C(=O)O. The molecule has 0 bridgehead atoms. The topological polar surface area (TPSA) is 194 Å². The number of primary amides is 1. The lowest BCUT2D eigenvalue weighted by Crippen LogP contribution is -2.58. The molecule has 2 rings (SSSR count). The minimum absolute atomic E-state index is 0.0213. The first-order valence-corrected chi connectivity index (χ1v) is 13.2. The van der Waals surface area contributed by atoms with E-state index < -0.39 is 53.8 Å². The maximum absolute atomic E-state index is 13.4. The van der Waals surface area contributed by atoms with Gasteiger partial charge in [-0.1, -0.05) is 74.5 Å². The number of nitrogens with one attached hydrogen (secondary N) is 3. The number of carboxylic acids is 1. The molecule has 0 aliphatic carbocycles. The van der Waals surface area contributed by atoms with Gasteiger partial charge in [0.1, 0.15) is 18.1 Å². The van der Waals surface area contributed by atoms with Gasteiger partial charge in [-0.2, -0.15) is 0 Å². The lowest BCUT2D eigenvalue weighted by molar-refractivity contribution is -0.142. The van der Waals surface area contributed by atoms with E-state index in [0.717, 1.165) is 11.1 Å². The van der Waals surface area contributed by atoms with Crippen LogP contribution in [0.5, 0.6) is 0 Å². The predicted octanol–water partition coefficient (Wildman–Crippen LogP) is 0.650. The molecular weight excluding hydrogens is 514 g/mol. The van der Waals surface area contributed by atoms with E-state index in [0.29, 0.717) is 0 Å². The van der Waals surface area contributed by atoms with Crippen LogP contribution >= 0.6 is 0 Å². The van der Waals surface area contributed by atoms with Gasteiger partial charge < -0.3 is 32.5 Å². The van der Waals surface area contributed by atoms with Crippen LogP contribution in [-0.2, 0) is 36.8 Å². The Balaban J connectivity index is 2.20. The van der Waals surface area contributed by atoms with E-state index >= 15 is 0 Å². The van der Waals surface area contributed by atoms with E-state index in [4.69, 9.17) is 11.5 Å². The van der Waals surface area contributed by atoms with Crippen LogP contribution < -0.4 is 27.4 Å². The Labute approximate surface area is 234 Å². The summed E-state index contributed by atoms with van der Waals surface area (Å²) < 4.78 is 0. The zero-order chi connectivity index (χ0) is 29.7. The van der Waals surface area contributed by atoms with Gasteiger partial charge in [-0.05, 0) is 36.3 Å². The first-order valence-electron chi connectivity index (χ1n) is 13.2. The number of hydrogen-bond donors (Lipinski definition) is 6. The number of carbonyl (C=O) groups is 5. The molecular formula is C29H39N5O6. The molecule has 2 aromatic carbocycles. The van der Waals surface area contributed by atoms with Crippen LogP contribution in [0.4, 0.5) is 0 Å². The van der Waals surface area contributed by atoms with Gasteiger partial charge in [0.15, 0.2) is 0 Å². The minimum Gasteiger partial charge on any atom is -0.480 e. The van der Waals surface area contributed by atoms with Gasteiger partial charge in [-0.15, -0.1) is 0 Å². The number of aliphatic carboxylic acids is 1. The quantitative estimate of drug-likeness (QED) is 0.176. The highest BCUT2D eigenvalue weighted by molar-refractivity contribution is 5.94. The Bertz CT molecular complexity index is 1140. The maximum Gasteiger partial charge on any atom is 0.326 e. The molecule has 40 heavy (non-hydrogen) atoms. The Hall–Kier alpha value is -4.25. The van der Waals surface area contributed by atoms with Crippen molar-refractivity contribution in [3.63, 3.8) is 0 Å². The average molecular weight is 554 g/mol. The summed E-state index contributed by atoms with van der Waals surface area (Å²) in [6.07, 6.45) is 0.193. The summed E-state index contributed by atoms with van der Waals surface area (Å²) in [5.74, 6) is -3.87. The fraction of sp³-hybridized carbons (Fsp3) is 0.414. The number of carboxylic acid groups (broad SMARTS) is 1. The van der Waals surface area contributed by atoms with Crippen molar-refractivity contribution < 1.29 is 29.1 Å². The van der Waals surface area contributed by atoms with Crippen molar-refractivity contribution in [2.24, 2.45) is 17.4 Å². The molecule has 4 unspecified atom stereocenters. The zero-order valence-electron chi connectivity index (χ0n) is 22.8. The summed E-state index contributed by atoms with van der Waals surface area (Å²) in [5.41, 5.74) is 12.8. The third-order valence-corrected chi connectivity index (χ3v) is 6.18. The summed E-state index contributed by atoms with van der Waals surface area (Å²) in [4.78, 5) is 62.4. The second-order valence-corrected chi connectivity index (χ2v) is 10.1. The van der Waals surface area contributed by atoms with Gasteiger partial charge in [0.25, 0.3) is 0 Å². The third-order valence-electron chi connectivity index (χ3n) is 6.18. The van der Waals surface area contributed by atoms with E-state index in [1.54, 1.807) is 30.3 Å². The summed E-state index contributed by atoms with van der Waals surface area (Å²) in [5, 5.41) is 17.3. The molecule has 0 aliphatic rings. The summed E-state index contributed by atoms with van der Waals surface area (Å²) in [6.45, 7) is 3.78. The summed E-state index contributed by atoms with van der Waals surface area (Å²) in [6, 6.07) is 13.7. The summed E-state index contributed by atoms with van der Waals surface area (Å²) >= 11 is 0. The van der Waals surface area contributed by atoms with Crippen LogP contribution in [0.2, 0.25) is 0 Å². The van der Waals surface area contributed by atoms with Gasteiger partial charge in [0.05, 0.1) is 6.04 Å². The first-order chi connectivity index (χ1) is 19.0. The maximum atomic E-state index is 13.4. The molecule has 0 aliphatic heterocycles. The van der Waals surface area contributed by atoms with Gasteiger partial charge >= 0.3 is 5.97 Å². The minimum atomic E-state index is -1.38. The molecule has 0 heterocycles. The highest BCUT2D eigenvalue weighted by atomic mass is 16.4. The standard InChI is InChI=1S/C29H39N5O6/c1-18(2)15-23(33-26(36)21(30)16-19-9-5-3-6-10-19)27(37)34-24(17-20-11-7-4-8-12-20)28(38)32-22(29(39)40)13-14-25(31)35/h3-12,18,21-24H,13-17,30H2,1-2H3,(H2,31,35)(H,32,38)(H,33,36)(H,34,37)(H,39,40). The van der Waals surface area contributed by atoms with E-state index in [2.05, 4.69) is 16.0 Å². The van der Waals surface area contributed by atoms with Gasteiger partial charge in [-0.3, -0.25) is 19.2 Å². The number of carbonyl (C=O) groups excluding carboxylic acids is 4. The van der Waals surface area contributed by atoms with E-state index in [9.17, 15) is 29.1 Å². The Morgan fingerprint density at radius 3 is 1.70 bits per heavy atom. The van der Waals surface area contributed by atoms with Crippen molar-refractivity contribution in [2.45, 2.75) is 70.1 Å². The Kier molecular flexibility index (Phi) is 12.8. The highest BCUT2D eigenvalue weighted by Gasteiger charge is 2.31. The van der Waals surface area contributed by atoms with Crippen molar-refractivity contribution in [1.29, 1.82) is 0 Å². The van der Waals surface area contributed by atoms with Crippen LogP contribution in [0, 0.1) is 5.92 Å². The predicted molar refractivity (Wildman–Crippen MR) is 150 cm³/mol. The molecule has 4 amide bonds. The van der Waals surface area contributed by atoms with Crippen molar-refractivity contribution in [3.8, 4) is 0 Å². The van der Waals surface area contributed by atoms with Crippen molar-refractivity contribution >= 4 is 29.6 Å². The number of rotatable bonds is 16. The molecule has 0 saturated carbocycles. The molecule has 8 N–H and O–H groups in total. The molecule has 216 valence electrons. The van der Waals surface area contributed by atoms with E-state index in [-0.39, 0.29) is 38.0 Å². The lowest BCUT2D eigenvalue weighted by Gasteiger charge is -2.26. The number of hydrogen-bond acceptors (Lipinski definition) is 6. The van der Waals surface area contributed by atoms with Crippen LogP contribution in [0.3, 0.4) is 0 Å². The normalized spacial score (nSPS) is 13.9. The number of benzene rings is 2. The molecule has 2 aromatic rings. The van der Waals surface area contributed by atoms with Gasteiger partial charge in [-0.25, -0.2) is 4.79 Å². The molecule has 11 heteroatoms. The molecule has 0 spiro atoms. The highest BCUT2D eigenvalue weighted by Crippen LogP contribution is 2.10. The molecule has 0 aromatic heterocycles. The number of nitrogens with two attached hydrogens (primary N) is 2. The fourth-order valence-electron chi connectivity index (χ4n) is 4.09. The lowest BCUT2D eigenvalue weighted by atomic mass is 9.99. The fourth-order valence-corrected chi connectivity index (χ4v) is 4.09. The third kappa shape index (κ3) is 11.2. The second kappa shape index (κ2) is 16.0. The second-order valence-electron chi connectivity index (χ2n) is 10.1.